The number of aromatic hydroxyl groups is 1. The van der Waals surface area contributed by atoms with E-state index in [0.717, 1.165) is 0 Å². The Kier molecular flexibility index (Phi) is 6.30. The van der Waals surface area contributed by atoms with E-state index in [2.05, 4.69) is 9.97 Å². The maximum absolute atomic E-state index is 14.2. The first-order chi connectivity index (χ1) is 17.7. The van der Waals surface area contributed by atoms with Gasteiger partial charge in [-0.3, -0.25) is 0 Å². The number of para-hydroxylation sites is 1. The molecule has 1 fully saturated rings. The second-order valence-electron chi connectivity index (χ2n) is 9.14. The molecule has 11 heteroatoms. The summed E-state index contributed by atoms with van der Waals surface area (Å²) in [5, 5.41) is 20.3. The van der Waals surface area contributed by atoms with Gasteiger partial charge >= 0.3 is 12.3 Å². The summed E-state index contributed by atoms with van der Waals surface area (Å²) >= 11 is 0. The van der Waals surface area contributed by atoms with E-state index in [-0.39, 0.29) is 34.0 Å². The van der Waals surface area contributed by atoms with Crippen molar-refractivity contribution < 1.29 is 32.9 Å². The lowest BCUT2D eigenvalue weighted by molar-refractivity contribution is -0.139. The smallest absolute Gasteiger partial charge is 0.435 e. The SMILES string of the molecule is COc1ccc2c(c1)nc(C(F)(F)F)c1nc(-c3ccccc3O)n(CCC3CCN(C(=O)O)CC3)c12. The maximum Gasteiger partial charge on any atom is 0.435 e. The number of fused-ring (bicyclic) bond motifs is 3. The van der Waals surface area contributed by atoms with Crippen LogP contribution in [0.4, 0.5) is 18.0 Å². The number of hydrogen-bond donors (Lipinski definition) is 2. The fourth-order valence-electron chi connectivity index (χ4n) is 5.00. The number of aryl methyl sites for hydroxylation is 1. The first-order valence-electron chi connectivity index (χ1n) is 11.9. The molecule has 0 bridgehead atoms. The molecular formula is C26H25F3N4O4. The number of aromatic nitrogens is 3. The Morgan fingerprint density at radius 3 is 2.51 bits per heavy atom. The number of piperidine rings is 1. The number of carbonyl (C=O) groups is 1. The highest BCUT2D eigenvalue weighted by Gasteiger charge is 2.38. The van der Waals surface area contributed by atoms with Crippen LogP contribution in [-0.4, -0.2) is 55.9 Å². The Bertz CT molecular complexity index is 1480. The molecule has 0 radical (unpaired) electrons. The molecule has 0 spiro atoms. The largest absolute Gasteiger partial charge is 0.507 e. The van der Waals surface area contributed by atoms with Crippen LogP contribution in [0.25, 0.3) is 33.3 Å². The summed E-state index contributed by atoms with van der Waals surface area (Å²) in [5.74, 6) is 0.693. The lowest BCUT2D eigenvalue weighted by atomic mass is 9.93. The number of methoxy groups -OCH3 is 1. The molecule has 0 atom stereocenters. The zero-order valence-corrected chi connectivity index (χ0v) is 20.0. The average molecular weight is 515 g/mol. The molecule has 1 saturated heterocycles. The van der Waals surface area contributed by atoms with Gasteiger partial charge in [0.2, 0.25) is 0 Å². The van der Waals surface area contributed by atoms with Crippen LogP contribution in [0.2, 0.25) is 0 Å². The Morgan fingerprint density at radius 1 is 1.14 bits per heavy atom. The van der Waals surface area contributed by atoms with Gasteiger partial charge in [-0.1, -0.05) is 12.1 Å². The van der Waals surface area contributed by atoms with Crippen LogP contribution in [-0.2, 0) is 12.7 Å². The summed E-state index contributed by atoms with van der Waals surface area (Å²) in [6.45, 7) is 1.17. The summed E-state index contributed by atoms with van der Waals surface area (Å²) in [5.41, 5.74) is -0.674. The van der Waals surface area contributed by atoms with Gasteiger partial charge in [0.05, 0.1) is 23.7 Å². The van der Waals surface area contributed by atoms with Gasteiger partial charge < -0.3 is 24.4 Å². The number of rotatable bonds is 5. The number of pyridine rings is 1. The monoisotopic (exact) mass is 514 g/mol. The van der Waals surface area contributed by atoms with Crippen molar-refractivity contribution in [2.75, 3.05) is 20.2 Å². The van der Waals surface area contributed by atoms with E-state index in [0.29, 0.717) is 55.6 Å². The fourth-order valence-corrected chi connectivity index (χ4v) is 5.00. The molecule has 0 saturated carbocycles. The highest BCUT2D eigenvalue weighted by atomic mass is 19.4. The third kappa shape index (κ3) is 4.61. The number of hydrogen-bond acceptors (Lipinski definition) is 5. The zero-order valence-electron chi connectivity index (χ0n) is 20.0. The minimum Gasteiger partial charge on any atom is -0.507 e. The molecule has 2 aromatic carbocycles. The molecule has 4 aromatic rings. The number of amides is 1. The van der Waals surface area contributed by atoms with Gasteiger partial charge in [-0.25, -0.2) is 14.8 Å². The van der Waals surface area contributed by atoms with Gasteiger partial charge in [0.25, 0.3) is 0 Å². The minimum atomic E-state index is -4.76. The van der Waals surface area contributed by atoms with Crippen LogP contribution in [0.15, 0.2) is 42.5 Å². The molecule has 0 unspecified atom stereocenters. The van der Waals surface area contributed by atoms with Crippen LogP contribution in [0.5, 0.6) is 11.5 Å². The van der Waals surface area contributed by atoms with Gasteiger partial charge in [0.1, 0.15) is 22.8 Å². The number of phenolic OH excluding ortho intramolecular Hbond substituents is 1. The quantitative estimate of drug-likeness (QED) is 0.351. The number of likely N-dealkylation sites (tertiary alicyclic amines) is 1. The van der Waals surface area contributed by atoms with Gasteiger partial charge in [-0.05, 0) is 49.4 Å². The van der Waals surface area contributed by atoms with Crippen molar-refractivity contribution in [2.45, 2.75) is 32.0 Å². The van der Waals surface area contributed by atoms with E-state index >= 15 is 0 Å². The van der Waals surface area contributed by atoms with Crippen LogP contribution in [0, 0.1) is 5.92 Å². The van der Waals surface area contributed by atoms with Gasteiger partial charge in [-0.2, -0.15) is 13.2 Å². The summed E-state index contributed by atoms with van der Waals surface area (Å²) in [7, 11) is 1.43. The first-order valence-corrected chi connectivity index (χ1v) is 11.9. The number of phenols is 1. The summed E-state index contributed by atoms with van der Waals surface area (Å²) in [6, 6.07) is 11.2. The molecular weight excluding hydrogens is 489 g/mol. The molecule has 2 N–H and O–H groups in total. The zero-order chi connectivity index (χ0) is 26.3. The second-order valence-corrected chi connectivity index (χ2v) is 9.14. The van der Waals surface area contributed by atoms with E-state index in [1.807, 2.05) is 0 Å². The van der Waals surface area contributed by atoms with Crippen molar-refractivity contribution >= 4 is 28.0 Å². The highest BCUT2D eigenvalue weighted by molar-refractivity contribution is 6.05. The lowest BCUT2D eigenvalue weighted by Gasteiger charge is -2.30. The standard InChI is InChI=1S/C26H25F3N4O4/c1-37-16-6-7-17-19(14-16)30-23(26(27,28)29)21-22(17)33(24(31-21)18-4-2-3-5-20(18)34)13-10-15-8-11-32(12-9-15)25(35)36/h2-7,14-15,34H,8-13H2,1H3,(H,35,36). The van der Waals surface area contributed by atoms with Crippen molar-refractivity contribution in [1.29, 1.82) is 0 Å². The van der Waals surface area contributed by atoms with Gasteiger partial charge in [0.15, 0.2) is 5.69 Å². The number of carboxylic acid groups (broad SMARTS) is 1. The predicted molar refractivity (Wildman–Crippen MR) is 131 cm³/mol. The topological polar surface area (TPSA) is 101 Å². The first kappa shape index (κ1) is 24.7. The third-order valence-corrected chi connectivity index (χ3v) is 6.94. The molecule has 1 aliphatic heterocycles. The van der Waals surface area contributed by atoms with Crippen molar-refractivity contribution in [3.05, 3.63) is 48.2 Å². The normalized spacial score (nSPS) is 15.0. The third-order valence-electron chi connectivity index (χ3n) is 6.94. The van der Waals surface area contributed by atoms with Crippen LogP contribution in [0.3, 0.4) is 0 Å². The maximum atomic E-state index is 14.2. The molecule has 2 aromatic heterocycles. The summed E-state index contributed by atoms with van der Waals surface area (Å²) in [4.78, 5) is 21.0. The van der Waals surface area contributed by atoms with E-state index in [1.165, 1.54) is 24.1 Å². The number of imidazole rings is 1. The molecule has 8 nitrogen and oxygen atoms in total. The summed E-state index contributed by atoms with van der Waals surface area (Å²) < 4.78 is 49.5. The van der Waals surface area contributed by atoms with Crippen molar-refractivity contribution in [1.82, 2.24) is 19.4 Å². The Balaban J connectivity index is 1.68. The minimum absolute atomic E-state index is 0.0960. The Morgan fingerprint density at radius 2 is 1.86 bits per heavy atom. The van der Waals surface area contributed by atoms with E-state index in [1.54, 1.807) is 34.9 Å². The molecule has 37 heavy (non-hydrogen) atoms. The Hall–Kier alpha value is -4.02. The number of nitrogens with zero attached hydrogens (tertiary/aromatic N) is 4. The van der Waals surface area contributed by atoms with E-state index < -0.39 is 18.0 Å². The van der Waals surface area contributed by atoms with Crippen molar-refractivity contribution in [3.63, 3.8) is 0 Å². The van der Waals surface area contributed by atoms with Crippen molar-refractivity contribution in [3.8, 4) is 22.9 Å². The molecule has 3 heterocycles. The van der Waals surface area contributed by atoms with E-state index in [9.17, 15) is 28.2 Å². The average Bonchev–Trinajstić information content (AvgIpc) is 3.25. The molecule has 1 amide bonds. The second kappa shape index (κ2) is 9.45. The van der Waals surface area contributed by atoms with Crippen molar-refractivity contribution in [2.24, 2.45) is 5.92 Å². The van der Waals surface area contributed by atoms with Gasteiger partial charge in [-0.15, -0.1) is 0 Å². The van der Waals surface area contributed by atoms with E-state index in [4.69, 9.17) is 4.74 Å². The Labute approximate surface area is 209 Å². The fraction of sp³-hybridized carbons (Fsp3) is 0.346. The van der Waals surface area contributed by atoms with Gasteiger partial charge in [0, 0.05) is 31.1 Å². The molecule has 5 rings (SSSR count). The number of halogens is 3. The summed E-state index contributed by atoms with van der Waals surface area (Å²) in [6.07, 6.45) is -3.76. The molecule has 0 aliphatic carbocycles. The lowest BCUT2D eigenvalue weighted by Crippen LogP contribution is -2.37. The number of benzene rings is 2. The van der Waals surface area contributed by atoms with Crippen LogP contribution in [0.1, 0.15) is 25.0 Å². The molecule has 1 aliphatic rings. The van der Waals surface area contributed by atoms with Crippen LogP contribution >= 0.6 is 0 Å². The van der Waals surface area contributed by atoms with Crippen LogP contribution < -0.4 is 4.74 Å². The highest BCUT2D eigenvalue weighted by Crippen LogP contribution is 2.40. The number of alkyl halides is 3. The molecule has 194 valence electrons. The predicted octanol–water partition coefficient (Wildman–Crippen LogP) is 5.76. The number of ether oxygens (including phenoxy) is 1.